The molecule has 0 spiro atoms. The van der Waals surface area contributed by atoms with Crippen LogP contribution in [-0.2, 0) is 13.6 Å². The van der Waals surface area contributed by atoms with E-state index in [2.05, 4.69) is 47.7 Å². The van der Waals surface area contributed by atoms with Crippen molar-refractivity contribution in [3.63, 3.8) is 0 Å². The Kier molecular flexibility index (Phi) is 4.73. The summed E-state index contributed by atoms with van der Waals surface area (Å²) in [6, 6.07) is 10.7. The first-order valence-electron chi connectivity index (χ1n) is 11.2. The molecule has 3 fully saturated rings. The summed E-state index contributed by atoms with van der Waals surface area (Å²) in [5, 5.41) is 9.03. The monoisotopic (exact) mass is 431 g/mol. The van der Waals surface area contributed by atoms with Crippen LogP contribution in [0.25, 0.3) is 11.2 Å². The molecule has 8 nitrogen and oxygen atoms in total. The van der Waals surface area contributed by atoms with Gasteiger partial charge in [-0.15, -0.1) is 0 Å². The number of nitrogens with zero attached hydrogens (tertiary/aromatic N) is 7. The summed E-state index contributed by atoms with van der Waals surface area (Å²) in [7, 11) is 1.81. The van der Waals surface area contributed by atoms with Gasteiger partial charge >= 0.3 is 5.69 Å². The van der Waals surface area contributed by atoms with Crippen LogP contribution in [0.1, 0.15) is 39.2 Å². The Morgan fingerprint density at radius 3 is 2.28 bits per heavy atom. The predicted molar refractivity (Wildman–Crippen MR) is 125 cm³/mol. The molecule has 2 unspecified atom stereocenters. The number of fused-ring (bicyclic) bond motifs is 4. The van der Waals surface area contributed by atoms with Gasteiger partial charge in [-0.05, 0) is 42.5 Å². The molecular weight excluding hydrogens is 402 g/mol. The Labute approximate surface area is 187 Å². The van der Waals surface area contributed by atoms with Gasteiger partial charge in [0.2, 0.25) is 0 Å². The van der Waals surface area contributed by atoms with Crippen molar-refractivity contribution in [2.45, 2.75) is 52.2 Å². The molecule has 0 saturated carbocycles. The maximum atomic E-state index is 12.9. The molecule has 3 saturated heterocycles. The molecule has 0 N–H and O–H groups in total. The van der Waals surface area contributed by atoms with E-state index in [1.54, 1.807) is 17.8 Å². The number of piperazine rings is 1. The van der Waals surface area contributed by atoms with Gasteiger partial charge in [0.15, 0.2) is 5.65 Å². The second kappa shape index (κ2) is 7.37. The normalized spacial score (nSPS) is 20.7. The first kappa shape index (κ1) is 20.6. The first-order valence-corrected chi connectivity index (χ1v) is 11.2. The topological polar surface area (TPSA) is 83.0 Å². The lowest BCUT2D eigenvalue weighted by molar-refractivity contribution is 0.330. The third-order valence-corrected chi connectivity index (χ3v) is 6.59. The highest BCUT2D eigenvalue weighted by Gasteiger charge is 2.40. The number of hydrogen-bond donors (Lipinski definition) is 0. The maximum Gasteiger partial charge on any atom is 0.330 e. The van der Waals surface area contributed by atoms with Gasteiger partial charge in [0, 0.05) is 45.0 Å². The van der Waals surface area contributed by atoms with Gasteiger partial charge in [0.25, 0.3) is 0 Å². The van der Waals surface area contributed by atoms with Gasteiger partial charge < -0.3 is 9.80 Å². The van der Waals surface area contributed by atoms with Gasteiger partial charge in [0.1, 0.15) is 17.7 Å². The summed E-state index contributed by atoms with van der Waals surface area (Å²) >= 11 is 0. The maximum absolute atomic E-state index is 12.9. The standard InChI is InChI=1S/C24H29N7O/c1-24(2,3)15-31-19-8-10-21(27-22(19)28(4)23(31)32)30-14-17-6-7-18(30)13-29(17)20-9-5-16(11-25)12-26-20/h5,8-10,12,17-18H,6-7,13-15H2,1-4H3. The first-order chi connectivity index (χ1) is 15.2. The van der Waals surface area contributed by atoms with Crippen molar-refractivity contribution in [3.05, 3.63) is 46.5 Å². The number of anilines is 2. The Balaban J connectivity index is 1.44. The largest absolute Gasteiger partial charge is 0.350 e. The summed E-state index contributed by atoms with van der Waals surface area (Å²) in [4.78, 5) is 27.1. The number of aromatic nitrogens is 4. The number of hydrogen-bond acceptors (Lipinski definition) is 6. The van der Waals surface area contributed by atoms with E-state index < -0.39 is 0 Å². The van der Waals surface area contributed by atoms with Crippen molar-refractivity contribution in [1.82, 2.24) is 19.1 Å². The Bertz CT molecular complexity index is 1260. The van der Waals surface area contributed by atoms with Gasteiger partial charge in [-0.3, -0.25) is 9.13 Å². The molecule has 2 atom stereocenters. The van der Waals surface area contributed by atoms with Crippen LogP contribution < -0.4 is 15.5 Å². The number of piperidine rings is 2. The number of imidazole rings is 1. The van der Waals surface area contributed by atoms with E-state index in [9.17, 15) is 4.79 Å². The van der Waals surface area contributed by atoms with Crippen LogP contribution in [-0.4, -0.2) is 44.3 Å². The highest BCUT2D eigenvalue weighted by molar-refractivity contribution is 5.74. The fourth-order valence-corrected chi connectivity index (χ4v) is 5.06. The van der Waals surface area contributed by atoms with E-state index in [4.69, 9.17) is 10.2 Å². The number of nitriles is 1. The summed E-state index contributed by atoms with van der Waals surface area (Å²) in [5.41, 5.74) is 2.20. The molecule has 6 rings (SSSR count). The lowest BCUT2D eigenvalue weighted by atomic mass is 9.90. The minimum atomic E-state index is -0.0159. The van der Waals surface area contributed by atoms with Crippen LogP contribution >= 0.6 is 0 Å². The van der Waals surface area contributed by atoms with Crippen molar-refractivity contribution in [2.75, 3.05) is 22.9 Å². The molecule has 8 heteroatoms. The van der Waals surface area contributed by atoms with Gasteiger partial charge in [0.05, 0.1) is 11.1 Å². The lowest BCUT2D eigenvalue weighted by Crippen LogP contribution is -2.63. The molecule has 166 valence electrons. The van der Waals surface area contributed by atoms with Crippen molar-refractivity contribution >= 4 is 22.8 Å². The number of pyridine rings is 2. The van der Waals surface area contributed by atoms with E-state index in [-0.39, 0.29) is 11.1 Å². The van der Waals surface area contributed by atoms with Crippen LogP contribution in [0.5, 0.6) is 0 Å². The van der Waals surface area contributed by atoms with Crippen molar-refractivity contribution < 1.29 is 0 Å². The third-order valence-electron chi connectivity index (χ3n) is 6.59. The molecule has 3 aromatic rings. The molecular formula is C24H29N7O. The SMILES string of the molecule is Cn1c(=O)n(CC(C)(C)C)c2ccc(N3CC4CCC3CN4c3ccc(C#N)cn3)nc21. The second-order valence-corrected chi connectivity index (χ2v) is 10.2. The smallest absolute Gasteiger partial charge is 0.330 e. The van der Waals surface area contributed by atoms with Gasteiger partial charge in [-0.25, -0.2) is 14.8 Å². The van der Waals surface area contributed by atoms with Gasteiger partial charge in [-0.2, -0.15) is 5.26 Å². The van der Waals surface area contributed by atoms with E-state index in [1.165, 1.54) is 0 Å². The average molecular weight is 432 g/mol. The molecule has 3 aromatic heterocycles. The van der Waals surface area contributed by atoms with Crippen LogP contribution in [0.3, 0.4) is 0 Å². The van der Waals surface area contributed by atoms with Gasteiger partial charge in [-0.1, -0.05) is 20.8 Å². The third kappa shape index (κ3) is 3.42. The zero-order valence-corrected chi connectivity index (χ0v) is 19.1. The van der Waals surface area contributed by atoms with Crippen LogP contribution in [0.2, 0.25) is 0 Å². The Hall–Kier alpha value is -3.34. The molecule has 32 heavy (non-hydrogen) atoms. The molecule has 6 heterocycles. The van der Waals surface area contributed by atoms with Crippen molar-refractivity contribution in [1.29, 1.82) is 5.26 Å². The zero-order chi connectivity index (χ0) is 22.6. The summed E-state index contributed by atoms with van der Waals surface area (Å²) < 4.78 is 3.51. The Morgan fingerprint density at radius 2 is 1.72 bits per heavy atom. The minimum absolute atomic E-state index is 0.00569. The van der Waals surface area contributed by atoms with Crippen LogP contribution in [0.4, 0.5) is 11.6 Å². The van der Waals surface area contributed by atoms with E-state index in [1.807, 2.05) is 22.8 Å². The number of aryl methyl sites for hydroxylation is 1. The molecule has 2 bridgehead atoms. The highest BCUT2D eigenvalue weighted by Crippen LogP contribution is 2.35. The predicted octanol–water partition coefficient (Wildman–Crippen LogP) is 2.91. The average Bonchev–Trinajstić information content (AvgIpc) is 3.02. The minimum Gasteiger partial charge on any atom is -0.350 e. The van der Waals surface area contributed by atoms with Crippen LogP contribution in [0.15, 0.2) is 35.3 Å². The second-order valence-electron chi connectivity index (χ2n) is 10.2. The zero-order valence-electron chi connectivity index (χ0n) is 19.1. The highest BCUT2D eigenvalue weighted by atomic mass is 16.1. The van der Waals surface area contributed by atoms with Crippen molar-refractivity contribution in [2.24, 2.45) is 12.5 Å². The molecule has 3 aliphatic heterocycles. The summed E-state index contributed by atoms with van der Waals surface area (Å²) in [5.74, 6) is 1.87. The van der Waals surface area contributed by atoms with E-state index in [0.717, 1.165) is 48.7 Å². The van der Waals surface area contributed by atoms with E-state index in [0.29, 0.717) is 24.2 Å². The molecule has 3 aliphatic rings. The fourth-order valence-electron chi connectivity index (χ4n) is 5.06. The summed E-state index contributed by atoms with van der Waals surface area (Å²) in [6.45, 7) is 8.83. The fraction of sp³-hybridized carbons (Fsp3) is 0.500. The van der Waals surface area contributed by atoms with E-state index >= 15 is 0 Å². The number of rotatable bonds is 3. The molecule has 0 aliphatic carbocycles. The van der Waals surface area contributed by atoms with Crippen molar-refractivity contribution in [3.8, 4) is 6.07 Å². The quantitative estimate of drug-likeness (QED) is 0.634. The molecule has 0 radical (unpaired) electrons. The Morgan fingerprint density at radius 1 is 1.06 bits per heavy atom. The summed E-state index contributed by atoms with van der Waals surface area (Å²) in [6.07, 6.45) is 3.88. The molecule has 0 aromatic carbocycles. The molecule has 0 amide bonds. The lowest BCUT2D eigenvalue weighted by Gasteiger charge is -2.52. The van der Waals surface area contributed by atoms with Crippen LogP contribution in [0, 0.1) is 16.7 Å².